The fourth-order valence-corrected chi connectivity index (χ4v) is 9.04. The van der Waals surface area contributed by atoms with Crippen molar-refractivity contribution in [2.24, 2.45) is 0 Å². The number of amides is 1. The van der Waals surface area contributed by atoms with E-state index in [1.165, 1.54) is 199 Å². The molecule has 0 heterocycles. The molecule has 414 valence electrons. The van der Waals surface area contributed by atoms with Crippen molar-refractivity contribution in [2.75, 3.05) is 6.61 Å². The van der Waals surface area contributed by atoms with Gasteiger partial charge in [-0.3, -0.25) is 4.79 Å². The maximum Gasteiger partial charge on any atom is 0.220 e. The molecule has 0 saturated heterocycles. The topological polar surface area (TPSA) is 69.6 Å². The Balaban J connectivity index is 3.55. The van der Waals surface area contributed by atoms with Crippen molar-refractivity contribution in [2.45, 2.75) is 309 Å². The normalized spacial score (nSPS) is 13.6. The Hall–Kier alpha value is -2.95. The Labute approximate surface area is 448 Å². The van der Waals surface area contributed by atoms with Crippen LogP contribution < -0.4 is 5.32 Å². The molecule has 0 bridgehead atoms. The van der Waals surface area contributed by atoms with E-state index in [2.05, 4.69) is 116 Å². The predicted molar refractivity (Wildman–Crippen MR) is 322 cm³/mol. The van der Waals surface area contributed by atoms with Crippen molar-refractivity contribution in [1.29, 1.82) is 0 Å². The second-order valence-corrected chi connectivity index (χ2v) is 20.7. The molecule has 2 atom stereocenters. The third kappa shape index (κ3) is 57.9. The molecule has 1 amide bonds. The molecule has 0 fully saturated rings. The molecular formula is C68H119NO3. The summed E-state index contributed by atoms with van der Waals surface area (Å²) in [5.41, 5.74) is 0. The monoisotopic (exact) mass is 998 g/mol. The zero-order valence-corrected chi connectivity index (χ0v) is 47.7. The fraction of sp³-hybridized carbons (Fsp3) is 0.721. The van der Waals surface area contributed by atoms with Crippen molar-refractivity contribution in [3.8, 4) is 0 Å². The highest BCUT2D eigenvalue weighted by Gasteiger charge is 2.18. The van der Waals surface area contributed by atoms with Gasteiger partial charge in [0.05, 0.1) is 18.8 Å². The highest BCUT2D eigenvalue weighted by atomic mass is 16.3. The smallest absolute Gasteiger partial charge is 0.220 e. The van der Waals surface area contributed by atoms with Gasteiger partial charge in [0, 0.05) is 6.42 Å². The molecule has 4 nitrogen and oxygen atoms in total. The van der Waals surface area contributed by atoms with Crippen LogP contribution in [0.4, 0.5) is 0 Å². The van der Waals surface area contributed by atoms with Crippen molar-refractivity contribution >= 4 is 5.91 Å². The van der Waals surface area contributed by atoms with E-state index in [0.29, 0.717) is 6.42 Å². The van der Waals surface area contributed by atoms with E-state index in [1.807, 2.05) is 6.08 Å². The first-order chi connectivity index (χ1) is 35.7. The molecule has 3 N–H and O–H groups in total. The van der Waals surface area contributed by atoms with E-state index in [1.54, 1.807) is 6.08 Å². The maximum absolute atomic E-state index is 12.5. The zero-order chi connectivity index (χ0) is 52.0. The highest BCUT2D eigenvalue weighted by molar-refractivity contribution is 5.76. The van der Waals surface area contributed by atoms with Crippen LogP contribution in [0.1, 0.15) is 296 Å². The van der Waals surface area contributed by atoms with Gasteiger partial charge in [-0.25, -0.2) is 0 Å². The van der Waals surface area contributed by atoms with E-state index in [4.69, 9.17) is 0 Å². The summed E-state index contributed by atoms with van der Waals surface area (Å²) in [4.78, 5) is 12.5. The first-order valence-electron chi connectivity index (χ1n) is 31.1. The lowest BCUT2D eigenvalue weighted by Crippen LogP contribution is -2.45. The van der Waals surface area contributed by atoms with Crippen LogP contribution in [0.25, 0.3) is 0 Å². The summed E-state index contributed by atoms with van der Waals surface area (Å²) in [6.45, 7) is 4.20. The molecular weight excluding hydrogens is 879 g/mol. The van der Waals surface area contributed by atoms with Gasteiger partial charge in [-0.05, 0) is 96.3 Å². The number of carbonyl (C=O) groups excluding carboxylic acids is 1. The number of unbranched alkanes of at least 4 members (excludes halogenated alkanes) is 33. The van der Waals surface area contributed by atoms with Crippen LogP contribution in [0.15, 0.2) is 109 Å². The molecule has 0 spiro atoms. The molecule has 0 aromatic carbocycles. The Kier molecular flexibility index (Phi) is 59.8. The third-order valence-corrected chi connectivity index (χ3v) is 13.7. The number of rotatable bonds is 56. The summed E-state index contributed by atoms with van der Waals surface area (Å²) in [5.74, 6) is -0.0786. The Bertz CT molecular complexity index is 1360. The zero-order valence-electron chi connectivity index (χ0n) is 47.7. The van der Waals surface area contributed by atoms with E-state index in [0.717, 1.165) is 77.0 Å². The first kappa shape index (κ1) is 69.0. The van der Waals surface area contributed by atoms with Gasteiger partial charge in [0.2, 0.25) is 5.91 Å². The number of aliphatic hydroxyl groups excluding tert-OH is 2. The van der Waals surface area contributed by atoms with Gasteiger partial charge in [0.15, 0.2) is 0 Å². The molecule has 0 radical (unpaired) electrons. The van der Waals surface area contributed by atoms with Crippen molar-refractivity contribution in [3.63, 3.8) is 0 Å². The lowest BCUT2D eigenvalue weighted by atomic mass is 10.0. The van der Waals surface area contributed by atoms with Gasteiger partial charge in [-0.15, -0.1) is 0 Å². The Morgan fingerprint density at radius 1 is 0.347 bits per heavy atom. The first-order valence-corrected chi connectivity index (χ1v) is 31.1. The largest absolute Gasteiger partial charge is 0.394 e. The fourth-order valence-electron chi connectivity index (χ4n) is 9.04. The number of hydrogen-bond acceptors (Lipinski definition) is 3. The lowest BCUT2D eigenvalue weighted by molar-refractivity contribution is -0.123. The van der Waals surface area contributed by atoms with E-state index >= 15 is 0 Å². The number of allylic oxidation sites excluding steroid dienone is 17. The number of carbonyl (C=O) groups is 1. The molecule has 0 aliphatic carbocycles. The highest BCUT2D eigenvalue weighted by Crippen LogP contribution is 2.16. The van der Waals surface area contributed by atoms with Crippen molar-refractivity contribution in [3.05, 3.63) is 109 Å². The van der Waals surface area contributed by atoms with E-state index in [-0.39, 0.29) is 12.5 Å². The van der Waals surface area contributed by atoms with Crippen molar-refractivity contribution < 1.29 is 15.0 Å². The minimum absolute atomic E-state index is 0.0786. The Morgan fingerprint density at radius 2 is 0.625 bits per heavy atom. The molecule has 0 aliphatic rings. The second kappa shape index (κ2) is 62.3. The van der Waals surface area contributed by atoms with Crippen LogP contribution in [-0.4, -0.2) is 34.9 Å². The summed E-state index contributed by atoms with van der Waals surface area (Å²) >= 11 is 0. The van der Waals surface area contributed by atoms with E-state index < -0.39 is 12.1 Å². The predicted octanol–water partition coefficient (Wildman–Crippen LogP) is 21.0. The molecule has 2 unspecified atom stereocenters. The molecule has 4 heteroatoms. The van der Waals surface area contributed by atoms with Crippen LogP contribution in [0.3, 0.4) is 0 Å². The lowest BCUT2D eigenvalue weighted by Gasteiger charge is -2.19. The summed E-state index contributed by atoms with van der Waals surface area (Å²) in [5, 5.41) is 23.2. The van der Waals surface area contributed by atoms with Gasteiger partial charge in [0.1, 0.15) is 0 Å². The molecule has 72 heavy (non-hydrogen) atoms. The van der Waals surface area contributed by atoms with E-state index in [9.17, 15) is 15.0 Å². The van der Waals surface area contributed by atoms with Crippen LogP contribution >= 0.6 is 0 Å². The average Bonchev–Trinajstić information content (AvgIpc) is 3.39. The van der Waals surface area contributed by atoms with Crippen LogP contribution in [0, 0.1) is 0 Å². The summed E-state index contributed by atoms with van der Waals surface area (Å²) in [6, 6.07) is -0.652. The van der Waals surface area contributed by atoms with Crippen LogP contribution in [0.5, 0.6) is 0 Å². The third-order valence-electron chi connectivity index (χ3n) is 13.7. The van der Waals surface area contributed by atoms with Crippen LogP contribution in [-0.2, 0) is 4.79 Å². The maximum atomic E-state index is 12.5. The molecule has 0 rings (SSSR count). The number of aliphatic hydroxyl groups is 2. The minimum atomic E-state index is -0.877. The minimum Gasteiger partial charge on any atom is -0.394 e. The summed E-state index contributed by atoms with van der Waals surface area (Å²) in [7, 11) is 0. The Morgan fingerprint density at radius 3 is 0.972 bits per heavy atom. The van der Waals surface area contributed by atoms with Crippen molar-refractivity contribution in [1.82, 2.24) is 5.32 Å². The van der Waals surface area contributed by atoms with Gasteiger partial charge in [0.25, 0.3) is 0 Å². The second-order valence-electron chi connectivity index (χ2n) is 20.7. The number of hydrogen-bond donors (Lipinski definition) is 3. The van der Waals surface area contributed by atoms with Gasteiger partial charge in [-0.2, -0.15) is 0 Å². The van der Waals surface area contributed by atoms with Gasteiger partial charge >= 0.3 is 0 Å². The SMILES string of the molecule is CC/C=C\C/C=C\C/C=C\C/C=C\C/C=C\C/C=C\CCCCCCCCCCCCCCCCCCC(=O)NC(CO)C(O)/C=C/CC/C=C/CC/C=C/CCCCCCCCCCCCCCCCC. The molecule has 0 aromatic heterocycles. The average molecular weight is 999 g/mol. The molecule has 0 aliphatic heterocycles. The molecule has 0 saturated carbocycles. The summed E-state index contributed by atoms with van der Waals surface area (Å²) < 4.78 is 0. The number of nitrogens with one attached hydrogen (secondary N) is 1. The summed E-state index contributed by atoms with van der Waals surface area (Å²) in [6.07, 6.45) is 94.2. The van der Waals surface area contributed by atoms with Gasteiger partial charge in [-0.1, -0.05) is 303 Å². The van der Waals surface area contributed by atoms with Gasteiger partial charge < -0.3 is 15.5 Å². The molecule has 0 aromatic rings. The van der Waals surface area contributed by atoms with Crippen LogP contribution in [0.2, 0.25) is 0 Å². The standard InChI is InChI=1S/C68H119NO3/c1-3-5-7-9-11-13-15-17-19-21-23-25-27-29-30-31-32-33-34-35-36-37-38-40-42-44-46-48-50-52-54-56-58-60-62-64-68(72)69-66(65-70)67(71)63-61-59-57-55-53-51-49-47-45-43-41-39-28-26-24-22-20-18-16-14-12-10-8-6-4-2/h5,7,11,13,17,19,23,25,29-30,32-33,45,47,53,55,61,63,66-67,70-71H,3-4,6,8-10,12,14-16,18,20-22,24,26-28,31,34-44,46,48-52,54,56-60,62,64-65H2,1-2H3,(H,69,72)/b7-5-,13-11-,19-17-,25-23-,30-29-,33-32-,47-45+,55-53+,63-61+. The quantitative estimate of drug-likeness (QED) is 0.0420.